The highest BCUT2D eigenvalue weighted by molar-refractivity contribution is 7.21. The van der Waals surface area contributed by atoms with Gasteiger partial charge in [-0.1, -0.05) is 19.9 Å². The maximum atomic E-state index is 12.4. The number of carbonyl (C=O) groups is 2. The van der Waals surface area contributed by atoms with E-state index in [0.717, 1.165) is 10.1 Å². The first-order chi connectivity index (χ1) is 13.6. The van der Waals surface area contributed by atoms with Crippen molar-refractivity contribution in [1.29, 1.82) is 0 Å². The Labute approximate surface area is 175 Å². The molecule has 0 aliphatic carbocycles. The maximum Gasteiger partial charge on any atom is 0.407 e. The summed E-state index contributed by atoms with van der Waals surface area (Å²) in [6.07, 6.45) is -0.481. The zero-order valence-corrected chi connectivity index (χ0v) is 18.9. The molecule has 1 aromatic carbocycles. The van der Waals surface area contributed by atoms with Gasteiger partial charge in [-0.3, -0.25) is 0 Å². The SMILES string of the molecule is COC(=O)c1sc2cccc(OC)c2c1NC(CNC(=O)OC(C)(C)C)C(C)C. The Bertz CT molecular complexity index is 870. The molecule has 1 unspecified atom stereocenters. The summed E-state index contributed by atoms with van der Waals surface area (Å²) in [6.45, 7) is 9.86. The second kappa shape index (κ2) is 9.35. The summed E-state index contributed by atoms with van der Waals surface area (Å²) in [5.74, 6) is 0.414. The molecule has 1 aromatic heterocycles. The third-order valence-electron chi connectivity index (χ3n) is 4.27. The van der Waals surface area contributed by atoms with Crippen LogP contribution in [0.1, 0.15) is 44.3 Å². The average molecular weight is 423 g/mol. The number of methoxy groups -OCH3 is 2. The molecule has 2 N–H and O–H groups in total. The number of ether oxygens (including phenoxy) is 3. The van der Waals surface area contributed by atoms with Gasteiger partial charge in [-0.15, -0.1) is 11.3 Å². The van der Waals surface area contributed by atoms with Gasteiger partial charge in [0.2, 0.25) is 0 Å². The molecule has 1 heterocycles. The zero-order chi connectivity index (χ0) is 21.8. The summed E-state index contributed by atoms with van der Waals surface area (Å²) in [5, 5.41) is 7.06. The molecule has 0 aliphatic heterocycles. The van der Waals surface area contributed by atoms with Crippen LogP contribution in [0.2, 0.25) is 0 Å². The number of thiophene rings is 1. The monoisotopic (exact) mass is 422 g/mol. The lowest BCUT2D eigenvalue weighted by Gasteiger charge is -2.26. The van der Waals surface area contributed by atoms with Crippen LogP contribution in [0, 0.1) is 5.92 Å². The minimum Gasteiger partial charge on any atom is -0.496 e. The molecule has 1 amide bonds. The summed E-state index contributed by atoms with van der Waals surface area (Å²) >= 11 is 1.34. The number of alkyl carbamates (subject to hydrolysis) is 1. The third kappa shape index (κ3) is 5.76. The largest absolute Gasteiger partial charge is 0.496 e. The van der Waals surface area contributed by atoms with Gasteiger partial charge in [0.1, 0.15) is 16.2 Å². The van der Waals surface area contributed by atoms with Crippen LogP contribution >= 0.6 is 11.3 Å². The molecule has 0 spiro atoms. The van der Waals surface area contributed by atoms with E-state index in [1.54, 1.807) is 7.11 Å². The number of fused-ring (bicyclic) bond motifs is 1. The molecule has 2 rings (SSSR count). The lowest BCUT2D eigenvalue weighted by atomic mass is 10.0. The number of carbonyl (C=O) groups excluding carboxylic acids is 2. The fourth-order valence-electron chi connectivity index (χ4n) is 2.81. The van der Waals surface area contributed by atoms with Crippen LogP contribution in [-0.2, 0) is 9.47 Å². The van der Waals surface area contributed by atoms with Crippen LogP contribution in [0.4, 0.5) is 10.5 Å². The number of hydrogen-bond acceptors (Lipinski definition) is 7. The van der Waals surface area contributed by atoms with Crippen LogP contribution in [0.15, 0.2) is 18.2 Å². The van der Waals surface area contributed by atoms with E-state index in [4.69, 9.17) is 14.2 Å². The van der Waals surface area contributed by atoms with Crippen LogP contribution in [-0.4, -0.2) is 44.5 Å². The molecule has 7 nitrogen and oxygen atoms in total. The Morgan fingerprint density at radius 1 is 1.17 bits per heavy atom. The predicted octanol–water partition coefficient (Wildman–Crippen LogP) is 4.66. The topological polar surface area (TPSA) is 85.9 Å². The summed E-state index contributed by atoms with van der Waals surface area (Å²) in [4.78, 5) is 24.9. The second-order valence-corrected chi connectivity index (χ2v) is 9.06. The molecule has 160 valence electrons. The molecule has 1 atom stereocenters. The van der Waals surface area contributed by atoms with Crippen molar-refractivity contribution in [1.82, 2.24) is 5.32 Å². The lowest BCUT2D eigenvalue weighted by molar-refractivity contribution is 0.0522. The van der Waals surface area contributed by atoms with Gasteiger partial charge in [0.15, 0.2) is 0 Å². The van der Waals surface area contributed by atoms with Crippen LogP contribution < -0.4 is 15.4 Å². The minimum absolute atomic E-state index is 0.145. The van der Waals surface area contributed by atoms with Crippen LogP contribution in [0.5, 0.6) is 5.75 Å². The Morgan fingerprint density at radius 2 is 1.86 bits per heavy atom. The number of anilines is 1. The van der Waals surface area contributed by atoms with Crippen molar-refractivity contribution in [3.8, 4) is 5.75 Å². The van der Waals surface area contributed by atoms with E-state index in [1.807, 2.05) is 52.8 Å². The minimum atomic E-state index is -0.570. The Morgan fingerprint density at radius 3 is 2.41 bits per heavy atom. The van der Waals surface area contributed by atoms with Crippen molar-refractivity contribution in [3.05, 3.63) is 23.1 Å². The Kier molecular flexibility index (Phi) is 7.35. The highest BCUT2D eigenvalue weighted by atomic mass is 32.1. The standard InChI is InChI=1S/C21H30N2O5S/c1-12(2)13(11-22-20(25)28-21(3,4)5)23-17-16-14(26-6)9-8-10-15(16)29-18(17)19(24)27-7/h8-10,12-13,23H,11H2,1-7H3,(H,22,25). The van der Waals surface area contributed by atoms with Crippen molar-refractivity contribution in [3.63, 3.8) is 0 Å². The van der Waals surface area contributed by atoms with Crippen molar-refractivity contribution in [2.75, 3.05) is 26.1 Å². The normalized spacial score (nSPS) is 12.6. The molecular formula is C21H30N2O5S. The lowest BCUT2D eigenvalue weighted by Crippen LogP contribution is -2.42. The van der Waals surface area contributed by atoms with Crippen LogP contribution in [0.25, 0.3) is 10.1 Å². The first-order valence-electron chi connectivity index (χ1n) is 9.48. The highest BCUT2D eigenvalue weighted by Gasteiger charge is 2.26. The first-order valence-corrected chi connectivity index (χ1v) is 10.3. The van der Waals surface area contributed by atoms with Gasteiger partial charge in [0, 0.05) is 17.3 Å². The van der Waals surface area contributed by atoms with Gasteiger partial charge < -0.3 is 24.8 Å². The van der Waals surface area contributed by atoms with Gasteiger partial charge in [-0.05, 0) is 38.8 Å². The van der Waals surface area contributed by atoms with Gasteiger partial charge in [-0.25, -0.2) is 9.59 Å². The third-order valence-corrected chi connectivity index (χ3v) is 5.40. The fraction of sp³-hybridized carbons (Fsp3) is 0.524. The first kappa shape index (κ1) is 22.8. The number of nitrogens with one attached hydrogen (secondary N) is 2. The Balaban J connectivity index is 2.35. The summed E-state index contributed by atoms with van der Waals surface area (Å²) < 4.78 is 16.7. The number of hydrogen-bond donors (Lipinski definition) is 2. The van der Waals surface area contributed by atoms with Crippen LogP contribution in [0.3, 0.4) is 0 Å². The number of esters is 1. The maximum absolute atomic E-state index is 12.4. The molecule has 0 saturated heterocycles. The van der Waals surface area contributed by atoms with E-state index in [0.29, 0.717) is 22.9 Å². The molecule has 0 radical (unpaired) electrons. The van der Waals surface area contributed by atoms with Gasteiger partial charge in [0.05, 0.1) is 25.3 Å². The molecular weight excluding hydrogens is 392 g/mol. The second-order valence-electron chi connectivity index (χ2n) is 8.01. The average Bonchev–Trinajstić information content (AvgIpc) is 3.01. The van der Waals surface area contributed by atoms with Crippen molar-refractivity contribution < 1.29 is 23.8 Å². The summed E-state index contributed by atoms with van der Waals surface area (Å²) in [6, 6.07) is 5.52. The summed E-state index contributed by atoms with van der Waals surface area (Å²) in [7, 11) is 2.95. The van der Waals surface area contributed by atoms with E-state index in [2.05, 4.69) is 10.6 Å². The predicted molar refractivity (Wildman–Crippen MR) is 116 cm³/mol. The number of amides is 1. The van der Waals surface area contributed by atoms with E-state index >= 15 is 0 Å². The van der Waals surface area contributed by atoms with E-state index in [-0.39, 0.29) is 12.0 Å². The van der Waals surface area contributed by atoms with Gasteiger partial charge >= 0.3 is 12.1 Å². The fourth-order valence-corrected chi connectivity index (χ4v) is 3.91. The van der Waals surface area contributed by atoms with Gasteiger partial charge in [-0.2, -0.15) is 0 Å². The molecule has 29 heavy (non-hydrogen) atoms. The molecule has 0 bridgehead atoms. The molecule has 0 aliphatic rings. The summed E-state index contributed by atoms with van der Waals surface area (Å²) in [5.41, 5.74) is 0.0822. The van der Waals surface area contributed by atoms with E-state index in [1.165, 1.54) is 18.4 Å². The van der Waals surface area contributed by atoms with Crippen molar-refractivity contribution in [2.45, 2.75) is 46.3 Å². The molecule has 0 saturated carbocycles. The smallest absolute Gasteiger partial charge is 0.407 e. The quantitative estimate of drug-likeness (QED) is 0.631. The zero-order valence-electron chi connectivity index (χ0n) is 18.0. The number of benzene rings is 1. The van der Waals surface area contributed by atoms with Crippen molar-refractivity contribution in [2.24, 2.45) is 5.92 Å². The van der Waals surface area contributed by atoms with E-state index < -0.39 is 17.7 Å². The molecule has 0 fully saturated rings. The number of rotatable bonds is 7. The molecule has 8 heteroatoms. The van der Waals surface area contributed by atoms with Crippen molar-refractivity contribution >= 4 is 39.2 Å². The van der Waals surface area contributed by atoms with E-state index in [9.17, 15) is 9.59 Å². The molecule has 2 aromatic rings. The van der Waals surface area contributed by atoms with Gasteiger partial charge in [0.25, 0.3) is 0 Å². The Hall–Kier alpha value is -2.48. The highest BCUT2D eigenvalue weighted by Crippen LogP contribution is 2.42.